The van der Waals surface area contributed by atoms with E-state index in [2.05, 4.69) is 37.2 Å². The average Bonchev–Trinajstić information content (AvgIpc) is 2.73. The molecule has 0 aromatic heterocycles. The molecule has 2 aromatic carbocycles. The molecule has 0 aliphatic rings. The SMILES string of the molecule is Cc1ccc(NC(=O)O[C@@H](c2cc(Br)cc(Br)c2O)[C@@H](C)CC/C=C/C(=O)NO)cc1. The maximum absolute atomic E-state index is 12.6. The van der Waals surface area contributed by atoms with Gasteiger partial charge in [0.15, 0.2) is 0 Å². The predicted molar refractivity (Wildman–Crippen MR) is 125 cm³/mol. The normalized spacial score (nSPS) is 12.9. The van der Waals surface area contributed by atoms with E-state index in [1.54, 1.807) is 30.3 Å². The third kappa shape index (κ3) is 7.68. The van der Waals surface area contributed by atoms with Crippen LogP contribution in [0.15, 0.2) is 57.5 Å². The second-order valence-electron chi connectivity index (χ2n) is 7.08. The first-order valence-corrected chi connectivity index (χ1v) is 11.1. The summed E-state index contributed by atoms with van der Waals surface area (Å²) in [5.41, 5.74) is 3.64. The number of amides is 2. The van der Waals surface area contributed by atoms with Crippen LogP contribution in [0.25, 0.3) is 0 Å². The summed E-state index contributed by atoms with van der Waals surface area (Å²) in [6.45, 7) is 3.84. The molecule has 31 heavy (non-hydrogen) atoms. The van der Waals surface area contributed by atoms with Crippen molar-refractivity contribution in [3.05, 3.63) is 68.6 Å². The second-order valence-corrected chi connectivity index (χ2v) is 8.85. The molecule has 2 atom stereocenters. The number of carbonyl (C=O) groups is 2. The summed E-state index contributed by atoms with van der Waals surface area (Å²) in [7, 11) is 0. The molecule has 9 heteroatoms. The van der Waals surface area contributed by atoms with E-state index in [-0.39, 0.29) is 11.7 Å². The van der Waals surface area contributed by atoms with Crippen molar-refractivity contribution in [3.63, 3.8) is 0 Å². The van der Waals surface area contributed by atoms with E-state index in [1.807, 2.05) is 26.0 Å². The minimum Gasteiger partial charge on any atom is -0.506 e. The van der Waals surface area contributed by atoms with Gasteiger partial charge < -0.3 is 9.84 Å². The molecule has 7 nitrogen and oxygen atoms in total. The van der Waals surface area contributed by atoms with Gasteiger partial charge in [-0.15, -0.1) is 0 Å². The van der Waals surface area contributed by atoms with Crippen LogP contribution < -0.4 is 10.8 Å². The first kappa shape index (κ1) is 24.9. The minimum absolute atomic E-state index is 0.0154. The van der Waals surface area contributed by atoms with Crippen LogP contribution in [0.4, 0.5) is 10.5 Å². The Bertz CT molecular complexity index is 948. The van der Waals surface area contributed by atoms with Crippen LogP contribution in [-0.2, 0) is 9.53 Å². The highest BCUT2D eigenvalue weighted by atomic mass is 79.9. The van der Waals surface area contributed by atoms with Crippen LogP contribution in [0.5, 0.6) is 5.75 Å². The number of rotatable bonds is 8. The van der Waals surface area contributed by atoms with Crippen LogP contribution >= 0.6 is 31.9 Å². The molecule has 0 bridgehead atoms. The monoisotopic (exact) mass is 554 g/mol. The fraction of sp³-hybridized carbons (Fsp3) is 0.273. The highest BCUT2D eigenvalue weighted by molar-refractivity contribution is 9.11. The maximum Gasteiger partial charge on any atom is 0.412 e. The van der Waals surface area contributed by atoms with Crippen LogP contribution in [0, 0.1) is 12.8 Å². The molecule has 4 N–H and O–H groups in total. The number of aromatic hydroxyl groups is 1. The van der Waals surface area contributed by atoms with Crippen LogP contribution in [0.2, 0.25) is 0 Å². The third-order valence-electron chi connectivity index (χ3n) is 4.58. The molecule has 0 spiro atoms. The Hall–Kier alpha value is -2.36. The Labute approximate surface area is 197 Å². The summed E-state index contributed by atoms with van der Waals surface area (Å²) in [6, 6.07) is 10.7. The molecule has 0 aliphatic carbocycles. The van der Waals surface area contributed by atoms with Gasteiger partial charge in [-0.05, 0) is 65.9 Å². The number of carbonyl (C=O) groups excluding carboxylic acids is 2. The van der Waals surface area contributed by atoms with Gasteiger partial charge in [0, 0.05) is 21.8 Å². The molecule has 0 radical (unpaired) electrons. The number of hydroxylamine groups is 1. The van der Waals surface area contributed by atoms with Gasteiger partial charge in [0.1, 0.15) is 11.9 Å². The van der Waals surface area contributed by atoms with Crippen molar-refractivity contribution in [3.8, 4) is 5.75 Å². The summed E-state index contributed by atoms with van der Waals surface area (Å²) in [5, 5.41) is 21.8. The molecular weight excluding hydrogens is 532 g/mol. The minimum atomic E-state index is -0.751. The Kier molecular flexibility index (Phi) is 9.54. The lowest BCUT2D eigenvalue weighted by Crippen LogP contribution is -2.22. The lowest BCUT2D eigenvalue weighted by Gasteiger charge is -2.26. The van der Waals surface area contributed by atoms with Crippen LogP contribution in [0.1, 0.15) is 37.0 Å². The Balaban J connectivity index is 2.21. The van der Waals surface area contributed by atoms with Crippen molar-refractivity contribution in [2.75, 3.05) is 5.32 Å². The zero-order valence-electron chi connectivity index (χ0n) is 17.1. The van der Waals surface area contributed by atoms with Crippen molar-refractivity contribution in [2.45, 2.75) is 32.8 Å². The summed E-state index contributed by atoms with van der Waals surface area (Å²) >= 11 is 6.72. The van der Waals surface area contributed by atoms with Crippen molar-refractivity contribution in [1.82, 2.24) is 5.48 Å². The van der Waals surface area contributed by atoms with Crippen molar-refractivity contribution in [1.29, 1.82) is 0 Å². The molecular formula is C22H24Br2N2O5. The number of allylic oxidation sites excluding steroid dienone is 1. The van der Waals surface area contributed by atoms with Gasteiger partial charge in [0.25, 0.3) is 5.91 Å². The van der Waals surface area contributed by atoms with E-state index >= 15 is 0 Å². The van der Waals surface area contributed by atoms with Gasteiger partial charge in [-0.3, -0.25) is 15.3 Å². The lowest BCUT2D eigenvalue weighted by atomic mass is 9.92. The zero-order valence-corrected chi connectivity index (χ0v) is 20.2. The predicted octanol–water partition coefficient (Wildman–Crippen LogP) is 5.99. The second kappa shape index (κ2) is 11.9. The van der Waals surface area contributed by atoms with Gasteiger partial charge in [-0.2, -0.15) is 0 Å². The Morgan fingerprint density at radius 2 is 1.87 bits per heavy atom. The van der Waals surface area contributed by atoms with Gasteiger partial charge in [0.2, 0.25) is 0 Å². The van der Waals surface area contributed by atoms with Crippen LogP contribution in [-0.4, -0.2) is 22.3 Å². The number of ether oxygens (including phenoxy) is 1. The third-order valence-corrected chi connectivity index (χ3v) is 5.64. The smallest absolute Gasteiger partial charge is 0.412 e. The number of phenolic OH excluding ortho intramolecular Hbond substituents is 1. The van der Waals surface area contributed by atoms with Gasteiger partial charge in [-0.1, -0.05) is 46.6 Å². The highest BCUT2D eigenvalue weighted by Crippen LogP contribution is 2.40. The van der Waals surface area contributed by atoms with Gasteiger partial charge in [0.05, 0.1) is 4.47 Å². The summed E-state index contributed by atoms with van der Waals surface area (Å²) < 4.78 is 6.91. The molecule has 0 heterocycles. The number of aryl methyl sites for hydroxylation is 1. The zero-order chi connectivity index (χ0) is 23.0. The summed E-state index contributed by atoms with van der Waals surface area (Å²) in [4.78, 5) is 23.7. The van der Waals surface area contributed by atoms with Crippen LogP contribution in [0.3, 0.4) is 0 Å². The summed E-state index contributed by atoms with van der Waals surface area (Å²) in [6.07, 6.45) is 2.50. The highest BCUT2D eigenvalue weighted by Gasteiger charge is 2.27. The number of phenols is 1. The maximum atomic E-state index is 12.6. The largest absolute Gasteiger partial charge is 0.506 e. The topological polar surface area (TPSA) is 108 Å². The molecule has 0 saturated heterocycles. The molecule has 0 aliphatic heterocycles. The van der Waals surface area contributed by atoms with E-state index < -0.39 is 18.1 Å². The molecule has 2 rings (SSSR count). The first-order chi connectivity index (χ1) is 14.7. The number of hydrogen-bond donors (Lipinski definition) is 4. The lowest BCUT2D eigenvalue weighted by molar-refractivity contribution is -0.124. The number of nitrogens with one attached hydrogen (secondary N) is 2. The molecule has 2 aromatic rings. The number of benzene rings is 2. The van der Waals surface area contributed by atoms with Crippen molar-refractivity contribution < 1.29 is 24.6 Å². The van der Waals surface area contributed by atoms with E-state index in [4.69, 9.17) is 9.94 Å². The average molecular weight is 556 g/mol. The first-order valence-electron chi connectivity index (χ1n) is 9.54. The van der Waals surface area contributed by atoms with E-state index in [9.17, 15) is 14.7 Å². The standard InChI is InChI=1S/C22H24Br2N2O5/c1-13-7-9-16(10-8-13)25-22(29)31-21(14(2)5-3-4-6-19(27)26-30)17-11-15(23)12-18(24)20(17)28/h4,6-12,14,21,28,30H,3,5H2,1-2H3,(H,25,29)(H,26,27)/b6-4+/t14-,21+/m0/s1. The molecule has 0 saturated carbocycles. The molecule has 0 fully saturated rings. The van der Waals surface area contributed by atoms with E-state index in [1.165, 1.54) is 11.6 Å². The van der Waals surface area contributed by atoms with E-state index in [0.29, 0.717) is 33.0 Å². The molecule has 166 valence electrons. The number of anilines is 1. The molecule has 0 unspecified atom stereocenters. The number of hydrogen-bond acceptors (Lipinski definition) is 5. The summed E-state index contributed by atoms with van der Waals surface area (Å²) in [5.74, 6) is -0.831. The Morgan fingerprint density at radius 3 is 2.52 bits per heavy atom. The number of halogens is 2. The fourth-order valence-corrected chi connectivity index (χ4v) is 4.18. The Morgan fingerprint density at radius 1 is 1.19 bits per heavy atom. The van der Waals surface area contributed by atoms with Crippen molar-refractivity contribution in [2.24, 2.45) is 5.92 Å². The quantitative estimate of drug-likeness (QED) is 0.182. The van der Waals surface area contributed by atoms with Gasteiger partial charge in [-0.25, -0.2) is 10.3 Å². The fourth-order valence-electron chi connectivity index (χ4n) is 2.93. The van der Waals surface area contributed by atoms with E-state index in [0.717, 1.165) is 5.56 Å². The van der Waals surface area contributed by atoms with Gasteiger partial charge >= 0.3 is 6.09 Å². The molecule has 2 amide bonds. The van der Waals surface area contributed by atoms with Crippen molar-refractivity contribution >= 4 is 49.5 Å².